The van der Waals surface area contributed by atoms with Gasteiger partial charge >= 0.3 is 0 Å². The van der Waals surface area contributed by atoms with Gasteiger partial charge in [-0.3, -0.25) is 13.9 Å². The van der Waals surface area contributed by atoms with Crippen LogP contribution in [0.5, 0.6) is 11.5 Å². The van der Waals surface area contributed by atoms with Crippen molar-refractivity contribution in [2.45, 2.75) is 51.1 Å². The molecule has 9 nitrogen and oxygen atoms in total. The minimum Gasteiger partial charge on any atom is -0.497 e. The summed E-state index contributed by atoms with van der Waals surface area (Å²) in [5, 5.41) is 3.29. The van der Waals surface area contributed by atoms with Gasteiger partial charge in [-0.25, -0.2) is 8.42 Å². The van der Waals surface area contributed by atoms with Crippen LogP contribution in [0.25, 0.3) is 0 Å². The maximum Gasteiger partial charge on any atom is 0.264 e. The van der Waals surface area contributed by atoms with E-state index < -0.39 is 28.5 Å². The summed E-state index contributed by atoms with van der Waals surface area (Å²) in [7, 11) is -1.41. The van der Waals surface area contributed by atoms with Gasteiger partial charge in [-0.05, 0) is 56.2 Å². The Morgan fingerprint density at radius 3 is 2.31 bits per heavy atom. The zero-order valence-electron chi connectivity index (χ0n) is 24.6. The van der Waals surface area contributed by atoms with Crippen LogP contribution in [0.2, 0.25) is 5.02 Å². The number of methoxy groups -OCH3 is 2. The summed E-state index contributed by atoms with van der Waals surface area (Å²) in [6.07, 6.45) is 1.68. The van der Waals surface area contributed by atoms with E-state index in [9.17, 15) is 18.0 Å². The SMILES string of the molecule is CCCCNC(=O)[C@H](C)N(Cc1ccccc1Cl)C(=O)CN(c1cc(OC)ccc1OC)S(=O)(=O)c1ccc(C)cc1. The Hall–Kier alpha value is -3.76. The van der Waals surface area contributed by atoms with Crippen LogP contribution in [0.4, 0.5) is 5.69 Å². The number of unbranched alkanes of at least 4 members (excludes halogenated alkanes) is 1. The Bertz CT molecular complexity index is 1480. The van der Waals surface area contributed by atoms with Crippen molar-refractivity contribution in [3.63, 3.8) is 0 Å². The second-order valence-electron chi connectivity index (χ2n) is 9.80. The van der Waals surface area contributed by atoms with Crippen LogP contribution in [0.3, 0.4) is 0 Å². The van der Waals surface area contributed by atoms with Crippen LogP contribution in [-0.2, 0) is 26.2 Å². The number of benzene rings is 3. The van der Waals surface area contributed by atoms with Crippen molar-refractivity contribution < 1.29 is 27.5 Å². The first kappa shape index (κ1) is 32.8. The van der Waals surface area contributed by atoms with Crippen LogP contribution in [0.15, 0.2) is 71.6 Å². The first-order valence-electron chi connectivity index (χ1n) is 13.7. The highest BCUT2D eigenvalue weighted by molar-refractivity contribution is 7.92. The summed E-state index contributed by atoms with van der Waals surface area (Å²) in [4.78, 5) is 28.6. The van der Waals surface area contributed by atoms with E-state index >= 15 is 0 Å². The van der Waals surface area contributed by atoms with Gasteiger partial charge in [0.05, 0.1) is 24.8 Å². The van der Waals surface area contributed by atoms with Gasteiger partial charge < -0.3 is 19.7 Å². The molecular formula is C31H38ClN3O6S. The molecule has 1 atom stereocenters. The highest BCUT2D eigenvalue weighted by atomic mass is 35.5. The Morgan fingerprint density at radius 2 is 1.69 bits per heavy atom. The number of carbonyl (C=O) groups is 2. The lowest BCUT2D eigenvalue weighted by molar-refractivity contribution is -0.139. The molecule has 3 rings (SSSR count). The first-order chi connectivity index (χ1) is 20.0. The van der Waals surface area contributed by atoms with E-state index in [0.29, 0.717) is 22.9 Å². The first-order valence-corrected chi connectivity index (χ1v) is 15.5. The van der Waals surface area contributed by atoms with Crippen molar-refractivity contribution in [3.05, 3.63) is 82.9 Å². The number of amides is 2. The number of nitrogens with zero attached hydrogens (tertiary/aromatic N) is 2. The Balaban J connectivity index is 2.10. The molecule has 0 aliphatic heterocycles. The fourth-order valence-corrected chi connectivity index (χ4v) is 5.88. The van der Waals surface area contributed by atoms with E-state index in [-0.39, 0.29) is 28.8 Å². The molecule has 0 spiro atoms. The zero-order valence-corrected chi connectivity index (χ0v) is 26.2. The second-order valence-corrected chi connectivity index (χ2v) is 12.1. The van der Waals surface area contributed by atoms with Crippen LogP contribution in [0, 0.1) is 6.92 Å². The van der Waals surface area contributed by atoms with Crippen LogP contribution in [0.1, 0.15) is 37.8 Å². The molecule has 0 heterocycles. The van der Waals surface area contributed by atoms with Crippen molar-refractivity contribution in [2.24, 2.45) is 0 Å². The number of hydrogen-bond acceptors (Lipinski definition) is 6. The number of ether oxygens (including phenoxy) is 2. The molecular weight excluding hydrogens is 578 g/mol. The van der Waals surface area contributed by atoms with Crippen molar-refractivity contribution >= 4 is 39.1 Å². The summed E-state index contributed by atoms with van der Waals surface area (Å²) in [6.45, 7) is 5.32. The number of halogens is 1. The van der Waals surface area contributed by atoms with E-state index in [4.69, 9.17) is 21.1 Å². The zero-order chi connectivity index (χ0) is 30.9. The normalized spacial score (nSPS) is 11.9. The van der Waals surface area contributed by atoms with Gasteiger partial charge in [-0.2, -0.15) is 0 Å². The van der Waals surface area contributed by atoms with Gasteiger partial charge in [0.1, 0.15) is 24.1 Å². The molecule has 0 saturated carbocycles. The molecule has 11 heteroatoms. The third kappa shape index (κ3) is 7.95. The fraction of sp³-hybridized carbons (Fsp3) is 0.355. The van der Waals surface area contributed by atoms with Crippen LogP contribution >= 0.6 is 11.6 Å². The molecule has 0 unspecified atom stereocenters. The molecule has 0 saturated heterocycles. The summed E-state index contributed by atoms with van der Waals surface area (Å²) in [5.41, 5.74) is 1.61. The highest BCUT2D eigenvalue weighted by Gasteiger charge is 2.34. The van der Waals surface area contributed by atoms with E-state index in [1.165, 1.54) is 37.3 Å². The molecule has 0 radical (unpaired) electrons. The lowest BCUT2D eigenvalue weighted by Crippen LogP contribution is -2.51. The number of sulfonamides is 1. The topological polar surface area (TPSA) is 105 Å². The average molecular weight is 616 g/mol. The molecule has 2 amide bonds. The molecule has 1 N–H and O–H groups in total. The van der Waals surface area contributed by atoms with E-state index in [0.717, 1.165) is 22.7 Å². The van der Waals surface area contributed by atoms with Crippen molar-refractivity contribution in [1.29, 1.82) is 0 Å². The molecule has 0 aromatic heterocycles. The molecule has 3 aromatic carbocycles. The van der Waals surface area contributed by atoms with Gasteiger partial charge in [0.15, 0.2) is 0 Å². The Labute approximate surface area is 253 Å². The predicted octanol–water partition coefficient (Wildman–Crippen LogP) is 5.19. The number of hydrogen-bond donors (Lipinski definition) is 1. The smallest absolute Gasteiger partial charge is 0.264 e. The lowest BCUT2D eigenvalue weighted by atomic mass is 10.1. The average Bonchev–Trinajstić information content (AvgIpc) is 2.98. The predicted molar refractivity (Wildman–Crippen MR) is 165 cm³/mol. The number of carbonyl (C=O) groups excluding carboxylic acids is 2. The third-order valence-electron chi connectivity index (χ3n) is 6.84. The summed E-state index contributed by atoms with van der Waals surface area (Å²) in [5.74, 6) is -0.356. The quantitative estimate of drug-likeness (QED) is 0.250. The van der Waals surface area contributed by atoms with E-state index in [1.807, 2.05) is 13.8 Å². The summed E-state index contributed by atoms with van der Waals surface area (Å²) in [6, 6.07) is 17.1. The maximum absolute atomic E-state index is 14.1. The minimum atomic E-state index is -4.28. The highest BCUT2D eigenvalue weighted by Crippen LogP contribution is 2.36. The van der Waals surface area contributed by atoms with Crippen LogP contribution in [-0.4, -0.2) is 58.5 Å². The largest absolute Gasteiger partial charge is 0.497 e. The second kappa shape index (κ2) is 14.9. The van der Waals surface area contributed by atoms with Crippen molar-refractivity contribution in [3.8, 4) is 11.5 Å². The monoisotopic (exact) mass is 615 g/mol. The van der Waals surface area contributed by atoms with Gasteiger partial charge in [0, 0.05) is 24.2 Å². The molecule has 42 heavy (non-hydrogen) atoms. The van der Waals surface area contributed by atoms with Gasteiger partial charge in [0.25, 0.3) is 10.0 Å². The maximum atomic E-state index is 14.1. The number of anilines is 1. The Kier molecular flexibility index (Phi) is 11.6. The number of nitrogens with one attached hydrogen (secondary N) is 1. The lowest BCUT2D eigenvalue weighted by Gasteiger charge is -2.32. The van der Waals surface area contributed by atoms with Crippen LogP contribution < -0.4 is 19.1 Å². The standard InChI is InChI=1S/C31H38ClN3O6S/c1-6-7-18-33-31(37)23(3)34(20-24-10-8-9-11-27(24)32)30(36)21-35(28-19-25(40-4)14-17-29(28)41-5)42(38,39)26-15-12-22(2)13-16-26/h8-17,19,23H,6-7,18,20-21H2,1-5H3,(H,33,37)/t23-/m0/s1. The van der Waals surface area contributed by atoms with E-state index in [2.05, 4.69) is 5.32 Å². The number of aryl methyl sites for hydroxylation is 1. The molecule has 0 fully saturated rings. The third-order valence-corrected chi connectivity index (χ3v) is 8.98. The van der Waals surface area contributed by atoms with Crippen molar-refractivity contribution in [2.75, 3.05) is 31.6 Å². The van der Waals surface area contributed by atoms with Gasteiger partial charge in [-0.1, -0.05) is 60.8 Å². The molecule has 3 aromatic rings. The molecule has 0 bridgehead atoms. The number of rotatable bonds is 14. The Morgan fingerprint density at radius 1 is 1.00 bits per heavy atom. The van der Waals surface area contributed by atoms with Gasteiger partial charge in [0.2, 0.25) is 11.8 Å². The molecule has 0 aliphatic carbocycles. The summed E-state index contributed by atoms with van der Waals surface area (Å²) < 4.78 is 40.1. The van der Waals surface area contributed by atoms with Gasteiger partial charge in [-0.15, -0.1) is 0 Å². The molecule has 0 aliphatic rings. The van der Waals surface area contributed by atoms with E-state index in [1.54, 1.807) is 55.5 Å². The molecule has 226 valence electrons. The van der Waals surface area contributed by atoms with Crippen molar-refractivity contribution in [1.82, 2.24) is 10.2 Å². The summed E-state index contributed by atoms with van der Waals surface area (Å²) >= 11 is 6.42. The minimum absolute atomic E-state index is 0.00542. The fourth-order valence-electron chi connectivity index (χ4n) is 4.27.